The topological polar surface area (TPSA) is 55.2 Å². The number of nitro benzene ring substituents is 1. The largest absolute Gasteiger partial charge is 0.310 e. The lowest BCUT2D eigenvalue weighted by Gasteiger charge is -2.24. The second kappa shape index (κ2) is 4.84. The highest BCUT2D eigenvalue weighted by Gasteiger charge is 2.20. The first kappa shape index (κ1) is 12.0. The smallest absolute Gasteiger partial charge is 0.275 e. The Morgan fingerprint density at radius 1 is 1.29 bits per heavy atom. The highest BCUT2D eigenvalue weighted by atomic mass is 16.6. The maximum atomic E-state index is 10.9. The fourth-order valence-electron chi connectivity index (χ4n) is 2.61. The van der Waals surface area contributed by atoms with E-state index in [-0.39, 0.29) is 10.6 Å². The van der Waals surface area contributed by atoms with Gasteiger partial charge in [0.2, 0.25) is 0 Å². The van der Waals surface area contributed by atoms with Crippen LogP contribution in [0.15, 0.2) is 12.1 Å². The van der Waals surface area contributed by atoms with E-state index >= 15 is 0 Å². The van der Waals surface area contributed by atoms with Crippen molar-refractivity contribution in [3.05, 3.63) is 38.9 Å². The fourth-order valence-corrected chi connectivity index (χ4v) is 2.61. The molecule has 0 aromatic heterocycles. The summed E-state index contributed by atoms with van der Waals surface area (Å²) in [5, 5.41) is 14.4. The number of hydrogen-bond donors (Lipinski definition) is 1. The molecule has 0 saturated carbocycles. The van der Waals surface area contributed by atoms with Gasteiger partial charge in [0.1, 0.15) is 0 Å². The molecule has 0 bridgehead atoms. The molecule has 17 heavy (non-hydrogen) atoms. The normalized spacial score (nSPS) is 20.2. The average Bonchev–Trinajstić information content (AvgIpc) is 2.28. The van der Waals surface area contributed by atoms with Crippen LogP contribution in [0.1, 0.15) is 42.0 Å². The monoisotopic (exact) mass is 234 g/mol. The van der Waals surface area contributed by atoms with Crippen LogP contribution < -0.4 is 5.32 Å². The van der Waals surface area contributed by atoms with E-state index in [9.17, 15) is 10.1 Å². The molecule has 1 saturated heterocycles. The first-order chi connectivity index (χ1) is 8.09. The van der Waals surface area contributed by atoms with Gasteiger partial charge in [-0.05, 0) is 50.9 Å². The van der Waals surface area contributed by atoms with Gasteiger partial charge in [-0.2, -0.15) is 0 Å². The Balaban J connectivity index is 2.34. The van der Waals surface area contributed by atoms with Crippen molar-refractivity contribution in [1.29, 1.82) is 0 Å². The van der Waals surface area contributed by atoms with Gasteiger partial charge in [0.05, 0.1) is 4.92 Å². The Labute approximate surface area is 101 Å². The second-order valence-electron chi connectivity index (χ2n) is 4.76. The molecule has 1 atom stereocenters. The lowest BCUT2D eigenvalue weighted by molar-refractivity contribution is -0.386. The lowest BCUT2D eigenvalue weighted by atomic mass is 9.94. The van der Waals surface area contributed by atoms with E-state index < -0.39 is 0 Å². The van der Waals surface area contributed by atoms with Crippen molar-refractivity contribution < 1.29 is 4.92 Å². The molecular formula is C13H18N2O2. The molecule has 4 nitrogen and oxygen atoms in total. The summed E-state index contributed by atoms with van der Waals surface area (Å²) in [4.78, 5) is 10.6. The van der Waals surface area contributed by atoms with Crippen LogP contribution in [0.25, 0.3) is 0 Å². The average molecular weight is 234 g/mol. The SMILES string of the molecule is Cc1cc(C2CCCCN2)cc(C)c1[N+](=O)[O-]. The summed E-state index contributed by atoms with van der Waals surface area (Å²) < 4.78 is 0. The molecule has 0 amide bonds. The molecule has 1 unspecified atom stereocenters. The first-order valence-electron chi connectivity index (χ1n) is 6.08. The molecule has 1 heterocycles. The number of aryl methyl sites for hydroxylation is 2. The predicted molar refractivity (Wildman–Crippen MR) is 67.2 cm³/mol. The number of benzene rings is 1. The minimum atomic E-state index is -0.289. The highest BCUT2D eigenvalue weighted by Crippen LogP contribution is 2.30. The van der Waals surface area contributed by atoms with Crippen LogP contribution in [0.3, 0.4) is 0 Å². The Kier molecular flexibility index (Phi) is 3.43. The molecule has 4 heteroatoms. The number of nitrogens with one attached hydrogen (secondary N) is 1. The van der Waals surface area contributed by atoms with Gasteiger partial charge in [0.15, 0.2) is 0 Å². The van der Waals surface area contributed by atoms with E-state index in [0.29, 0.717) is 6.04 Å². The number of rotatable bonds is 2. The van der Waals surface area contributed by atoms with Gasteiger partial charge in [-0.3, -0.25) is 10.1 Å². The molecule has 1 fully saturated rings. The Morgan fingerprint density at radius 3 is 2.41 bits per heavy atom. The zero-order valence-electron chi connectivity index (χ0n) is 10.3. The summed E-state index contributed by atoms with van der Waals surface area (Å²) in [6.45, 7) is 4.68. The van der Waals surface area contributed by atoms with Crippen molar-refractivity contribution >= 4 is 5.69 Å². The Hall–Kier alpha value is -1.42. The van der Waals surface area contributed by atoms with Crippen LogP contribution in [0.2, 0.25) is 0 Å². The van der Waals surface area contributed by atoms with Crippen molar-refractivity contribution in [3.8, 4) is 0 Å². The van der Waals surface area contributed by atoms with Crippen LogP contribution in [0, 0.1) is 24.0 Å². The van der Waals surface area contributed by atoms with Crippen LogP contribution in [0.5, 0.6) is 0 Å². The molecule has 92 valence electrons. The van der Waals surface area contributed by atoms with E-state index in [0.717, 1.165) is 24.1 Å². The van der Waals surface area contributed by atoms with Crippen molar-refractivity contribution in [2.45, 2.75) is 39.2 Å². The van der Waals surface area contributed by atoms with E-state index in [1.807, 2.05) is 26.0 Å². The third kappa shape index (κ3) is 2.47. The molecule has 1 N–H and O–H groups in total. The zero-order valence-corrected chi connectivity index (χ0v) is 10.3. The summed E-state index contributed by atoms with van der Waals surface area (Å²) in [7, 11) is 0. The van der Waals surface area contributed by atoms with Gasteiger partial charge in [0, 0.05) is 17.2 Å². The summed E-state index contributed by atoms with van der Waals surface area (Å²) in [6.07, 6.45) is 3.57. The Morgan fingerprint density at radius 2 is 1.94 bits per heavy atom. The summed E-state index contributed by atoms with van der Waals surface area (Å²) >= 11 is 0. The zero-order chi connectivity index (χ0) is 12.4. The van der Waals surface area contributed by atoms with Gasteiger partial charge in [-0.15, -0.1) is 0 Å². The van der Waals surface area contributed by atoms with Gasteiger partial charge in [-0.1, -0.05) is 6.42 Å². The number of nitro groups is 1. The molecular weight excluding hydrogens is 216 g/mol. The van der Waals surface area contributed by atoms with Gasteiger partial charge in [0.25, 0.3) is 5.69 Å². The van der Waals surface area contributed by atoms with E-state index in [2.05, 4.69) is 5.32 Å². The maximum Gasteiger partial charge on any atom is 0.275 e. The van der Waals surface area contributed by atoms with Crippen LogP contribution in [0.4, 0.5) is 5.69 Å². The molecule has 1 aromatic rings. The summed E-state index contributed by atoms with van der Waals surface area (Å²) in [5.41, 5.74) is 2.96. The third-order valence-corrected chi connectivity index (χ3v) is 3.41. The molecule has 1 aromatic carbocycles. The minimum Gasteiger partial charge on any atom is -0.310 e. The standard InChI is InChI=1S/C13H18N2O2/c1-9-7-11(12-5-3-4-6-14-12)8-10(2)13(9)15(16)17/h7-8,12,14H,3-6H2,1-2H3. The van der Waals surface area contributed by atoms with E-state index in [1.165, 1.54) is 18.4 Å². The van der Waals surface area contributed by atoms with Crippen molar-refractivity contribution in [2.24, 2.45) is 0 Å². The second-order valence-corrected chi connectivity index (χ2v) is 4.76. The predicted octanol–water partition coefficient (Wildman–Crippen LogP) is 3.03. The number of nitrogens with zero attached hydrogens (tertiary/aromatic N) is 1. The molecule has 0 aliphatic carbocycles. The van der Waals surface area contributed by atoms with E-state index in [1.54, 1.807) is 0 Å². The van der Waals surface area contributed by atoms with Crippen LogP contribution >= 0.6 is 0 Å². The van der Waals surface area contributed by atoms with E-state index in [4.69, 9.17) is 0 Å². The van der Waals surface area contributed by atoms with Crippen molar-refractivity contribution in [3.63, 3.8) is 0 Å². The number of hydrogen-bond acceptors (Lipinski definition) is 3. The van der Waals surface area contributed by atoms with Crippen LogP contribution in [-0.2, 0) is 0 Å². The first-order valence-corrected chi connectivity index (χ1v) is 6.08. The minimum absolute atomic E-state index is 0.254. The molecule has 1 aliphatic rings. The van der Waals surface area contributed by atoms with Crippen molar-refractivity contribution in [1.82, 2.24) is 5.32 Å². The van der Waals surface area contributed by atoms with Gasteiger partial charge in [-0.25, -0.2) is 0 Å². The van der Waals surface area contributed by atoms with Gasteiger partial charge >= 0.3 is 0 Å². The molecule has 0 radical (unpaired) electrons. The molecule has 2 rings (SSSR count). The molecule has 0 spiro atoms. The van der Waals surface area contributed by atoms with Crippen molar-refractivity contribution in [2.75, 3.05) is 6.54 Å². The number of piperidine rings is 1. The fraction of sp³-hybridized carbons (Fsp3) is 0.538. The summed E-state index contributed by atoms with van der Waals surface area (Å²) in [6, 6.07) is 4.27. The van der Waals surface area contributed by atoms with Gasteiger partial charge < -0.3 is 5.32 Å². The lowest BCUT2D eigenvalue weighted by Crippen LogP contribution is -2.26. The molecule has 1 aliphatic heterocycles. The van der Waals surface area contributed by atoms with Crippen LogP contribution in [-0.4, -0.2) is 11.5 Å². The Bertz CT molecular complexity index is 414. The highest BCUT2D eigenvalue weighted by molar-refractivity contribution is 5.49. The summed E-state index contributed by atoms with van der Waals surface area (Å²) in [5.74, 6) is 0. The maximum absolute atomic E-state index is 10.9. The quantitative estimate of drug-likeness (QED) is 0.632. The third-order valence-electron chi connectivity index (χ3n) is 3.41.